The minimum Gasteiger partial charge on any atom is -0.325 e. The maximum atomic E-state index is 12.1. The fraction of sp³-hybridized carbons (Fsp3) is 0.267. The van der Waals surface area contributed by atoms with Crippen LogP contribution in [0.25, 0.3) is 0 Å². The van der Waals surface area contributed by atoms with Crippen molar-refractivity contribution in [1.82, 2.24) is 14.8 Å². The number of aromatic nitrogens is 3. The molecule has 0 fully saturated rings. The van der Waals surface area contributed by atoms with Gasteiger partial charge >= 0.3 is 0 Å². The van der Waals surface area contributed by atoms with Crippen molar-refractivity contribution >= 4 is 40.6 Å². The predicted molar refractivity (Wildman–Crippen MR) is 97.1 cm³/mol. The number of thioether (sulfide) groups is 1. The maximum absolute atomic E-state index is 12.1. The number of aryl methyl sites for hydroxylation is 1. The number of anilines is 1. The third-order valence-electron chi connectivity index (χ3n) is 3.18. The summed E-state index contributed by atoms with van der Waals surface area (Å²) in [5, 5.41) is 22.3. The summed E-state index contributed by atoms with van der Waals surface area (Å²) >= 11 is 6.98. The fourth-order valence-electron chi connectivity index (χ4n) is 2.06. The Bertz CT molecular complexity index is 808. The van der Waals surface area contributed by atoms with Gasteiger partial charge in [0, 0.05) is 24.7 Å². The largest absolute Gasteiger partial charge is 0.325 e. The van der Waals surface area contributed by atoms with Crippen molar-refractivity contribution in [2.45, 2.75) is 25.0 Å². The van der Waals surface area contributed by atoms with Crippen LogP contribution in [0, 0.1) is 10.1 Å². The summed E-state index contributed by atoms with van der Waals surface area (Å²) < 4.78 is 1.89. The lowest BCUT2D eigenvalue weighted by atomic mass is 10.3. The van der Waals surface area contributed by atoms with E-state index in [1.165, 1.54) is 30.0 Å². The molecule has 0 radical (unpaired) electrons. The van der Waals surface area contributed by atoms with Crippen LogP contribution in [0.4, 0.5) is 11.4 Å². The van der Waals surface area contributed by atoms with Gasteiger partial charge in [0.2, 0.25) is 5.91 Å². The van der Waals surface area contributed by atoms with Crippen LogP contribution in [-0.4, -0.2) is 31.3 Å². The second-order valence-electron chi connectivity index (χ2n) is 4.91. The SMILES string of the molecule is C=CCn1c(CC)nnc1SCC(=O)Nc1ccc(Cl)c([N+](=O)[O-])c1. The first-order valence-electron chi connectivity index (χ1n) is 7.35. The molecule has 0 aliphatic carbocycles. The van der Waals surface area contributed by atoms with Crippen LogP contribution < -0.4 is 5.32 Å². The number of carbonyl (C=O) groups is 1. The molecule has 0 saturated heterocycles. The number of nitro benzene ring substituents is 1. The van der Waals surface area contributed by atoms with Gasteiger partial charge in [0.15, 0.2) is 5.16 Å². The molecule has 0 aliphatic heterocycles. The zero-order valence-electron chi connectivity index (χ0n) is 13.4. The van der Waals surface area contributed by atoms with E-state index in [1.54, 1.807) is 6.08 Å². The van der Waals surface area contributed by atoms with Gasteiger partial charge in [-0.1, -0.05) is 36.4 Å². The van der Waals surface area contributed by atoms with Crippen LogP contribution >= 0.6 is 23.4 Å². The van der Waals surface area contributed by atoms with Gasteiger partial charge in [0.25, 0.3) is 5.69 Å². The van der Waals surface area contributed by atoms with Crippen molar-refractivity contribution in [3.05, 3.63) is 51.8 Å². The van der Waals surface area contributed by atoms with E-state index < -0.39 is 4.92 Å². The number of nitrogens with zero attached hydrogens (tertiary/aromatic N) is 4. The second kappa shape index (κ2) is 8.63. The molecule has 2 rings (SSSR count). The summed E-state index contributed by atoms with van der Waals surface area (Å²) in [6.45, 7) is 6.23. The second-order valence-corrected chi connectivity index (χ2v) is 6.26. The smallest absolute Gasteiger partial charge is 0.289 e. The number of nitro groups is 1. The molecule has 0 spiro atoms. The van der Waals surface area contributed by atoms with E-state index in [-0.39, 0.29) is 22.4 Å². The Hall–Kier alpha value is -2.39. The third kappa shape index (κ3) is 4.80. The molecule has 25 heavy (non-hydrogen) atoms. The van der Waals surface area contributed by atoms with Crippen molar-refractivity contribution in [3.8, 4) is 0 Å². The van der Waals surface area contributed by atoms with Crippen molar-refractivity contribution < 1.29 is 9.72 Å². The lowest BCUT2D eigenvalue weighted by Gasteiger charge is -2.07. The lowest BCUT2D eigenvalue weighted by molar-refractivity contribution is -0.384. The van der Waals surface area contributed by atoms with Crippen LogP contribution in [0.5, 0.6) is 0 Å². The number of hydrogen-bond donors (Lipinski definition) is 1. The molecule has 0 bridgehead atoms. The normalized spacial score (nSPS) is 10.5. The molecule has 2 aromatic rings. The van der Waals surface area contributed by atoms with Crippen LogP contribution in [0.1, 0.15) is 12.7 Å². The highest BCUT2D eigenvalue weighted by atomic mass is 35.5. The van der Waals surface area contributed by atoms with E-state index in [1.807, 2.05) is 11.5 Å². The molecule has 8 nitrogen and oxygen atoms in total. The number of rotatable bonds is 8. The van der Waals surface area contributed by atoms with Crippen LogP contribution in [-0.2, 0) is 17.8 Å². The summed E-state index contributed by atoms with van der Waals surface area (Å²) in [4.78, 5) is 22.4. The Morgan fingerprint density at radius 2 is 2.28 bits per heavy atom. The summed E-state index contributed by atoms with van der Waals surface area (Å²) in [7, 11) is 0. The molecule has 10 heteroatoms. The average Bonchev–Trinajstić information content (AvgIpc) is 2.97. The molecule has 0 atom stereocenters. The molecular formula is C15H16ClN5O3S. The number of hydrogen-bond acceptors (Lipinski definition) is 6. The van der Waals surface area contributed by atoms with Crippen molar-refractivity contribution in [3.63, 3.8) is 0 Å². The third-order valence-corrected chi connectivity index (χ3v) is 4.47. The van der Waals surface area contributed by atoms with Gasteiger partial charge in [-0.25, -0.2) is 0 Å². The van der Waals surface area contributed by atoms with Gasteiger partial charge in [-0.3, -0.25) is 14.9 Å². The lowest BCUT2D eigenvalue weighted by Crippen LogP contribution is -2.15. The molecule has 1 aromatic carbocycles. The summed E-state index contributed by atoms with van der Waals surface area (Å²) in [5.41, 5.74) is 0.0499. The number of nitrogens with one attached hydrogen (secondary N) is 1. The van der Waals surface area contributed by atoms with Crippen molar-refractivity contribution in [2.24, 2.45) is 0 Å². The topological polar surface area (TPSA) is 103 Å². The maximum Gasteiger partial charge on any atom is 0.289 e. The van der Waals surface area contributed by atoms with E-state index in [0.717, 1.165) is 12.2 Å². The Morgan fingerprint density at radius 3 is 2.92 bits per heavy atom. The first kappa shape index (κ1) is 18.9. The highest BCUT2D eigenvalue weighted by molar-refractivity contribution is 7.99. The van der Waals surface area contributed by atoms with E-state index >= 15 is 0 Å². The van der Waals surface area contributed by atoms with Gasteiger partial charge in [-0.05, 0) is 12.1 Å². The van der Waals surface area contributed by atoms with Crippen LogP contribution in [0.2, 0.25) is 5.02 Å². The average molecular weight is 382 g/mol. The fourth-order valence-corrected chi connectivity index (χ4v) is 3.01. The summed E-state index contributed by atoms with van der Waals surface area (Å²) in [6.07, 6.45) is 2.46. The standard InChI is InChI=1S/C15H16ClN5O3S/c1-3-7-20-13(4-2)18-19-15(20)25-9-14(22)17-10-5-6-11(16)12(8-10)21(23)24/h3,5-6,8H,1,4,7,9H2,2H3,(H,17,22). The molecule has 1 aromatic heterocycles. The molecule has 132 valence electrons. The molecule has 1 heterocycles. The van der Waals surface area contributed by atoms with E-state index in [9.17, 15) is 14.9 Å². The van der Waals surface area contributed by atoms with E-state index in [2.05, 4.69) is 22.1 Å². The zero-order chi connectivity index (χ0) is 18.4. The minimum atomic E-state index is -0.600. The Morgan fingerprint density at radius 1 is 1.52 bits per heavy atom. The molecule has 0 saturated carbocycles. The molecule has 0 unspecified atom stereocenters. The first-order valence-corrected chi connectivity index (χ1v) is 8.72. The monoisotopic (exact) mass is 381 g/mol. The van der Waals surface area contributed by atoms with Gasteiger partial charge < -0.3 is 9.88 Å². The highest BCUT2D eigenvalue weighted by Crippen LogP contribution is 2.27. The number of amides is 1. The predicted octanol–water partition coefficient (Wildman–Crippen LogP) is 3.32. The van der Waals surface area contributed by atoms with Gasteiger partial charge in [0.1, 0.15) is 10.8 Å². The number of carbonyl (C=O) groups excluding carboxylic acids is 1. The quantitative estimate of drug-likeness (QED) is 0.325. The Kier molecular flexibility index (Phi) is 6.54. The first-order chi connectivity index (χ1) is 12.0. The van der Waals surface area contributed by atoms with Gasteiger partial charge in [0.05, 0.1) is 10.7 Å². The van der Waals surface area contributed by atoms with Crippen molar-refractivity contribution in [1.29, 1.82) is 0 Å². The molecule has 1 N–H and O–H groups in total. The van der Waals surface area contributed by atoms with Gasteiger partial charge in [-0.15, -0.1) is 16.8 Å². The van der Waals surface area contributed by atoms with Gasteiger partial charge in [-0.2, -0.15) is 0 Å². The van der Waals surface area contributed by atoms with Crippen LogP contribution in [0.15, 0.2) is 36.0 Å². The van der Waals surface area contributed by atoms with Crippen molar-refractivity contribution in [2.75, 3.05) is 11.1 Å². The number of halogens is 1. The van der Waals surface area contributed by atoms with Crippen LogP contribution in [0.3, 0.4) is 0 Å². The zero-order valence-corrected chi connectivity index (χ0v) is 15.0. The number of benzene rings is 1. The summed E-state index contributed by atoms with van der Waals surface area (Å²) in [6, 6.07) is 4.10. The molecule has 1 amide bonds. The Balaban J connectivity index is 2.02. The summed E-state index contributed by atoms with van der Waals surface area (Å²) in [5.74, 6) is 0.596. The highest BCUT2D eigenvalue weighted by Gasteiger charge is 2.15. The Labute approximate surface area is 153 Å². The van der Waals surface area contributed by atoms with E-state index in [4.69, 9.17) is 11.6 Å². The number of allylic oxidation sites excluding steroid dienone is 1. The minimum absolute atomic E-state index is 0.0157. The molecule has 0 aliphatic rings. The molecular weight excluding hydrogens is 366 g/mol. The van der Waals surface area contributed by atoms with E-state index in [0.29, 0.717) is 17.4 Å².